The van der Waals surface area contributed by atoms with Crippen molar-refractivity contribution < 1.29 is 28.2 Å². The number of piperazine rings is 1. The van der Waals surface area contributed by atoms with Crippen molar-refractivity contribution in [2.45, 2.75) is 58.1 Å². The minimum atomic E-state index is -2.96. The van der Waals surface area contributed by atoms with Crippen LogP contribution in [0.5, 0.6) is 11.5 Å². The molecule has 27 heavy (non-hydrogen) atoms. The number of alkyl halides is 2. The van der Waals surface area contributed by atoms with Gasteiger partial charge in [0.2, 0.25) is 5.91 Å². The highest BCUT2D eigenvalue weighted by atomic mass is 19.3. The van der Waals surface area contributed by atoms with Gasteiger partial charge in [0.05, 0.1) is 12.6 Å². The molecule has 1 amide bonds. The van der Waals surface area contributed by atoms with Crippen LogP contribution in [0.25, 0.3) is 0 Å². The van der Waals surface area contributed by atoms with E-state index >= 15 is 0 Å². The second-order valence-electron chi connectivity index (χ2n) is 7.82. The lowest BCUT2D eigenvalue weighted by atomic mass is 9.85. The maximum atomic E-state index is 12.8. The zero-order valence-corrected chi connectivity index (χ0v) is 16.0. The molecule has 8 heteroatoms. The molecule has 1 fully saturated rings. The Morgan fingerprint density at radius 3 is 2.59 bits per heavy atom. The first-order chi connectivity index (χ1) is 12.6. The molecular weight excluding hydrogens is 358 g/mol. The first kappa shape index (κ1) is 19.8. The van der Waals surface area contributed by atoms with E-state index in [1.165, 1.54) is 12.1 Å². The number of aliphatic hydroxyl groups is 1. The van der Waals surface area contributed by atoms with Gasteiger partial charge in [0.25, 0.3) is 0 Å². The van der Waals surface area contributed by atoms with E-state index < -0.39 is 24.4 Å². The summed E-state index contributed by atoms with van der Waals surface area (Å²) < 4.78 is 35.6. The molecular formula is C19H26F2N2O4. The van der Waals surface area contributed by atoms with E-state index in [-0.39, 0.29) is 24.2 Å². The van der Waals surface area contributed by atoms with Gasteiger partial charge in [-0.25, -0.2) is 0 Å². The van der Waals surface area contributed by atoms with Crippen LogP contribution in [-0.4, -0.2) is 64.8 Å². The average molecular weight is 384 g/mol. The molecule has 6 nitrogen and oxygen atoms in total. The number of fused-ring (bicyclic) bond motifs is 1. The molecule has 0 saturated carbocycles. The highest BCUT2D eigenvalue weighted by molar-refractivity contribution is 5.80. The number of rotatable bonds is 4. The molecule has 1 saturated heterocycles. The molecule has 3 rings (SSSR count). The summed E-state index contributed by atoms with van der Waals surface area (Å²) in [5.74, 6) is 0.316. The maximum Gasteiger partial charge on any atom is 0.387 e. The summed E-state index contributed by atoms with van der Waals surface area (Å²) in [4.78, 5) is 16.5. The van der Waals surface area contributed by atoms with E-state index in [0.29, 0.717) is 24.4 Å². The SMILES string of the molecule is CC(C)N1CCN([C@@H]2c3cc(OC(F)F)ccc3OC(C)(C)[C@H]2O)C(=O)C1. The number of carbonyl (C=O) groups excluding carboxylic acids is 1. The van der Waals surface area contributed by atoms with Crippen LogP contribution in [0.2, 0.25) is 0 Å². The van der Waals surface area contributed by atoms with Crippen LogP contribution in [0.3, 0.4) is 0 Å². The summed E-state index contributed by atoms with van der Waals surface area (Å²) in [5, 5.41) is 10.9. The molecule has 0 unspecified atom stereocenters. The van der Waals surface area contributed by atoms with Crippen molar-refractivity contribution in [3.63, 3.8) is 0 Å². The Hall–Kier alpha value is -1.93. The summed E-state index contributed by atoms with van der Waals surface area (Å²) in [5.41, 5.74) is -0.454. The van der Waals surface area contributed by atoms with Gasteiger partial charge in [-0.15, -0.1) is 0 Å². The number of hydrogen-bond acceptors (Lipinski definition) is 5. The molecule has 0 bridgehead atoms. The topological polar surface area (TPSA) is 62.2 Å². The third kappa shape index (κ3) is 3.87. The van der Waals surface area contributed by atoms with Gasteiger partial charge in [0, 0.05) is 24.7 Å². The van der Waals surface area contributed by atoms with Gasteiger partial charge in [0.1, 0.15) is 23.2 Å². The Balaban J connectivity index is 1.97. The summed E-state index contributed by atoms with van der Waals surface area (Å²) in [7, 11) is 0. The highest BCUT2D eigenvalue weighted by Gasteiger charge is 2.47. The van der Waals surface area contributed by atoms with E-state index in [2.05, 4.69) is 9.64 Å². The number of nitrogens with zero attached hydrogens (tertiary/aromatic N) is 2. The van der Waals surface area contributed by atoms with E-state index in [1.807, 2.05) is 13.8 Å². The Kier molecular flexibility index (Phi) is 5.31. The molecule has 0 aliphatic carbocycles. The van der Waals surface area contributed by atoms with Crippen LogP contribution >= 0.6 is 0 Å². The van der Waals surface area contributed by atoms with E-state index in [9.17, 15) is 18.7 Å². The molecule has 1 N–H and O–H groups in total. The predicted octanol–water partition coefficient (Wildman–Crippen LogP) is 2.41. The first-order valence-corrected chi connectivity index (χ1v) is 9.09. The molecule has 0 spiro atoms. The van der Waals surface area contributed by atoms with Crippen LogP contribution in [0, 0.1) is 0 Å². The van der Waals surface area contributed by atoms with Crippen molar-refractivity contribution in [3.8, 4) is 11.5 Å². The van der Waals surface area contributed by atoms with Crippen molar-refractivity contribution in [2.24, 2.45) is 0 Å². The van der Waals surface area contributed by atoms with Crippen molar-refractivity contribution >= 4 is 5.91 Å². The van der Waals surface area contributed by atoms with Gasteiger partial charge in [-0.3, -0.25) is 9.69 Å². The van der Waals surface area contributed by atoms with Crippen molar-refractivity contribution in [2.75, 3.05) is 19.6 Å². The monoisotopic (exact) mass is 384 g/mol. The van der Waals surface area contributed by atoms with Gasteiger partial charge < -0.3 is 19.5 Å². The van der Waals surface area contributed by atoms with Crippen LogP contribution < -0.4 is 9.47 Å². The number of aliphatic hydroxyl groups excluding tert-OH is 1. The third-order valence-corrected chi connectivity index (χ3v) is 5.26. The Morgan fingerprint density at radius 1 is 1.30 bits per heavy atom. The lowest BCUT2D eigenvalue weighted by Gasteiger charge is -2.48. The normalized spacial score (nSPS) is 25.5. The molecule has 0 radical (unpaired) electrons. The molecule has 2 atom stereocenters. The van der Waals surface area contributed by atoms with Crippen molar-refractivity contribution in [1.82, 2.24) is 9.80 Å². The van der Waals surface area contributed by atoms with Gasteiger partial charge in [-0.1, -0.05) is 0 Å². The summed E-state index contributed by atoms with van der Waals surface area (Å²) in [6.07, 6.45) is -1.01. The number of ether oxygens (including phenoxy) is 2. The van der Waals surface area contributed by atoms with Crippen LogP contribution in [0.15, 0.2) is 18.2 Å². The van der Waals surface area contributed by atoms with Gasteiger partial charge in [-0.2, -0.15) is 8.78 Å². The summed E-state index contributed by atoms with van der Waals surface area (Å²) in [6, 6.07) is 3.92. The summed E-state index contributed by atoms with van der Waals surface area (Å²) in [6.45, 7) is 5.95. The Morgan fingerprint density at radius 2 is 2.00 bits per heavy atom. The average Bonchev–Trinajstić information content (AvgIpc) is 2.56. The standard InChI is InChI=1S/C19H26F2N2O4/c1-11(2)22-7-8-23(15(24)10-22)16-13-9-12(26-18(20)21)5-6-14(13)27-19(3,4)17(16)25/h5-6,9,11,16-18,25H,7-8,10H2,1-4H3/t16-,17+/m1/s1. The quantitative estimate of drug-likeness (QED) is 0.864. The number of hydrogen-bond donors (Lipinski definition) is 1. The fourth-order valence-electron chi connectivity index (χ4n) is 3.70. The third-order valence-electron chi connectivity index (χ3n) is 5.26. The molecule has 150 valence electrons. The van der Waals surface area contributed by atoms with Crippen molar-refractivity contribution in [1.29, 1.82) is 0 Å². The zero-order valence-electron chi connectivity index (χ0n) is 16.0. The van der Waals surface area contributed by atoms with Gasteiger partial charge in [0.15, 0.2) is 0 Å². The Bertz CT molecular complexity index is 711. The number of amides is 1. The largest absolute Gasteiger partial charge is 0.485 e. The highest BCUT2D eigenvalue weighted by Crippen LogP contribution is 2.44. The van der Waals surface area contributed by atoms with Crippen molar-refractivity contribution in [3.05, 3.63) is 23.8 Å². The molecule has 1 aromatic rings. The fourth-order valence-corrected chi connectivity index (χ4v) is 3.70. The number of carbonyl (C=O) groups is 1. The minimum Gasteiger partial charge on any atom is -0.485 e. The first-order valence-electron chi connectivity index (χ1n) is 9.09. The van der Waals surface area contributed by atoms with Crippen LogP contribution in [0.4, 0.5) is 8.78 Å². The second kappa shape index (κ2) is 7.24. The second-order valence-corrected chi connectivity index (χ2v) is 7.82. The predicted molar refractivity (Wildman–Crippen MR) is 95.0 cm³/mol. The fraction of sp³-hybridized carbons (Fsp3) is 0.632. The lowest BCUT2D eigenvalue weighted by Crippen LogP contribution is -2.59. The zero-order chi connectivity index (χ0) is 19.9. The molecule has 0 aromatic heterocycles. The lowest BCUT2D eigenvalue weighted by molar-refractivity contribution is -0.151. The van der Waals surface area contributed by atoms with E-state index in [1.54, 1.807) is 24.8 Å². The van der Waals surface area contributed by atoms with Crippen LogP contribution in [0.1, 0.15) is 39.3 Å². The molecule has 1 aromatic carbocycles. The molecule has 2 heterocycles. The smallest absolute Gasteiger partial charge is 0.387 e. The van der Waals surface area contributed by atoms with Gasteiger partial charge in [-0.05, 0) is 45.9 Å². The maximum absolute atomic E-state index is 12.8. The molecule has 2 aliphatic heterocycles. The number of halogens is 2. The molecule has 2 aliphatic rings. The summed E-state index contributed by atoms with van der Waals surface area (Å²) >= 11 is 0. The number of benzene rings is 1. The Labute approximate surface area is 157 Å². The van der Waals surface area contributed by atoms with E-state index in [0.717, 1.165) is 0 Å². The van der Waals surface area contributed by atoms with E-state index in [4.69, 9.17) is 4.74 Å². The minimum absolute atomic E-state index is 0.0301. The van der Waals surface area contributed by atoms with Crippen LogP contribution in [-0.2, 0) is 4.79 Å². The van der Waals surface area contributed by atoms with Gasteiger partial charge >= 0.3 is 6.61 Å².